The summed E-state index contributed by atoms with van der Waals surface area (Å²) < 4.78 is 5.60. The number of nitrogens with zero attached hydrogens (tertiary/aromatic N) is 3. The minimum Gasteiger partial charge on any atom is -0.479 e. The Kier molecular flexibility index (Phi) is 3.99. The predicted molar refractivity (Wildman–Crippen MR) is 97.5 cm³/mol. The van der Waals surface area contributed by atoms with Gasteiger partial charge in [0.2, 0.25) is 0 Å². The normalized spacial score (nSPS) is 19.5. The summed E-state index contributed by atoms with van der Waals surface area (Å²) in [6.45, 7) is 3.06. The van der Waals surface area contributed by atoms with Crippen LogP contribution in [0.15, 0.2) is 42.7 Å². The van der Waals surface area contributed by atoms with Crippen LogP contribution in [-0.4, -0.2) is 48.1 Å². The van der Waals surface area contributed by atoms with Crippen LogP contribution in [0.1, 0.15) is 18.4 Å². The highest BCUT2D eigenvalue weighted by Gasteiger charge is 2.32. The van der Waals surface area contributed by atoms with Gasteiger partial charge in [-0.25, -0.2) is 4.79 Å². The molecule has 2 aromatic rings. The molecule has 7 heteroatoms. The van der Waals surface area contributed by atoms with E-state index in [1.54, 1.807) is 48.2 Å². The van der Waals surface area contributed by atoms with Crippen molar-refractivity contribution in [3.05, 3.63) is 48.3 Å². The third-order valence-electron chi connectivity index (χ3n) is 4.88. The first-order valence-electron chi connectivity index (χ1n) is 8.57. The number of likely N-dealkylation sites (N-methyl/N-ethyl adjacent to an activating group) is 1. The van der Waals surface area contributed by atoms with Crippen molar-refractivity contribution in [3.63, 3.8) is 0 Å². The van der Waals surface area contributed by atoms with Gasteiger partial charge in [0.05, 0.1) is 5.69 Å². The molecular formula is C19H20N4O3. The molecule has 3 amide bonds. The topological polar surface area (TPSA) is 74.8 Å². The number of benzene rings is 1. The van der Waals surface area contributed by atoms with Crippen molar-refractivity contribution in [2.24, 2.45) is 0 Å². The third kappa shape index (κ3) is 2.85. The molecule has 2 aliphatic heterocycles. The summed E-state index contributed by atoms with van der Waals surface area (Å²) in [6, 6.07) is 9.11. The number of nitrogens with one attached hydrogen (secondary N) is 1. The van der Waals surface area contributed by atoms with Gasteiger partial charge in [0.15, 0.2) is 6.10 Å². The van der Waals surface area contributed by atoms with Crippen LogP contribution in [0.3, 0.4) is 0 Å². The molecule has 0 radical (unpaired) electrons. The number of hydrogen-bond acceptors (Lipinski definition) is 4. The fraction of sp³-hybridized carbons (Fsp3) is 0.316. The monoisotopic (exact) mass is 352 g/mol. The van der Waals surface area contributed by atoms with Gasteiger partial charge in [-0.3, -0.25) is 9.78 Å². The van der Waals surface area contributed by atoms with Crippen LogP contribution >= 0.6 is 0 Å². The van der Waals surface area contributed by atoms with Gasteiger partial charge < -0.3 is 19.9 Å². The van der Waals surface area contributed by atoms with Crippen molar-refractivity contribution >= 4 is 23.3 Å². The van der Waals surface area contributed by atoms with Crippen molar-refractivity contribution in [2.45, 2.75) is 18.9 Å². The second-order valence-electron chi connectivity index (χ2n) is 6.66. The number of rotatable bonds is 2. The number of urea groups is 1. The first-order valence-corrected chi connectivity index (χ1v) is 8.57. The highest BCUT2D eigenvalue weighted by molar-refractivity contribution is 6.00. The summed E-state index contributed by atoms with van der Waals surface area (Å²) in [5, 5.41) is 2.89. The number of aromatic nitrogens is 1. The van der Waals surface area contributed by atoms with Crippen LogP contribution in [0.5, 0.6) is 5.75 Å². The molecule has 1 N–H and O–H groups in total. The lowest BCUT2D eigenvalue weighted by Crippen LogP contribution is -2.50. The Hall–Kier alpha value is -3.09. The minimum absolute atomic E-state index is 0.108. The Labute approximate surface area is 151 Å². The Balaban J connectivity index is 1.41. The number of hydrogen-bond donors (Lipinski definition) is 1. The Bertz CT molecular complexity index is 849. The van der Waals surface area contributed by atoms with E-state index in [2.05, 4.69) is 10.3 Å². The zero-order chi connectivity index (χ0) is 18.3. The molecule has 7 nitrogen and oxygen atoms in total. The number of ether oxygens (including phenoxy) is 1. The number of carbonyl (C=O) groups is 2. The number of amides is 3. The van der Waals surface area contributed by atoms with Crippen LogP contribution in [0.2, 0.25) is 0 Å². The maximum atomic E-state index is 12.4. The highest BCUT2D eigenvalue weighted by Crippen LogP contribution is 2.35. The average Bonchev–Trinajstić information content (AvgIpc) is 2.60. The molecule has 0 unspecified atom stereocenters. The van der Waals surface area contributed by atoms with Gasteiger partial charge in [-0.1, -0.05) is 6.07 Å². The maximum Gasteiger partial charge on any atom is 0.321 e. The fourth-order valence-electron chi connectivity index (χ4n) is 3.26. The molecule has 1 saturated heterocycles. The lowest BCUT2D eigenvalue weighted by molar-refractivity contribution is -0.125. The van der Waals surface area contributed by atoms with Gasteiger partial charge >= 0.3 is 6.03 Å². The molecule has 3 heterocycles. The van der Waals surface area contributed by atoms with Crippen LogP contribution in [-0.2, 0) is 4.79 Å². The summed E-state index contributed by atoms with van der Waals surface area (Å²) in [5.41, 5.74) is 2.44. The van der Waals surface area contributed by atoms with E-state index in [0.29, 0.717) is 36.1 Å². The summed E-state index contributed by atoms with van der Waals surface area (Å²) in [6.07, 6.45) is 3.09. The van der Waals surface area contributed by atoms with E-state index in [0.717, 1.165) is 5.56 Å². The Morgan fingerprint density at radius 2 is 2.12 bits per heavy atom. The van der Waals surface area contributed by atoms with E-state index in [4.69, 9.17) is 4.74 Å². The molecule has 1 fully saturated rings. The molecule has 2 aliphatic rings. The molecule has 0 bridgehead atoms. The van der Waals surface area contributed by atoms with Crippen LogP contribution in [0.25, 0.3) is 0 Å². The molecule has 1 aromatic heterocycles. The van der Waals surface area contributed by atoms with Crippen molar-refractivity contribution in [1.29, 1.82) is 0 Å². The minimum atomic E-state index is -0.501. The zero-order valence-electron chi connectivity index (χ0n) is 14.7. The van der Waals surface area contributed by atoms with Crippen LogP contribution in [0, 0.1) is 0 Å². The second-order valence-corrected chi connectivity index (χ2v) is 6.66. The second kappa shape index (κ2) is 6.33. The molecular weight excluding hydrogens is 332 g/mol. The third-order valence-corrected chi connectivity index (χ3v) is 4.88. The predicted octanol–water partition coefficient (Wildman–Crippen LogP) is 2.46. The quantitative estimate of drug-likeness (QED) is 0.901. The van der Waals surface area contributed by atoms with E-state index >= 15 is 0 Å². The number of pyridine rings is 1. The average molecular weight is 352 g/mol. The first-order chi connectivity index (χ1) is 12.5. The highest BCUT2D eigenvalue weighted by atomic mass is 16.5. The molecule has 26 heavy (non-hydrogen) atoms. The molecule has 0 aliphatic carbocycles. The van der Waals surface area contributed by atoms with E-state index < -0.39 is 6.10 Å². The molecule has 134 valence electrons. The smallest absolute Gasteiger partial charge is 0.321 e. The lowest BCUT2D eigenvalue weighted by atomic mass is 9.93. The summed E-state index contributed by atoms with van der Waals surface area (Å²) >= 11 is 0. The Morgan fingerprint density at radius 3 is 2.85 bits per heavy atom. The standard InChI is InChI=1S/C19H20N4O3/c1-12-18(24)22(2)16-8-15(5-6-17(16)26-12)21-19(25)23-10-14(11-23)13-4-3-7-20-9-13/h3-9,12,14H,10-11H2,1-2H3,(H,21,25)/t12-/m1/s1. The van der Waals surface area contributed by atoms with Gasteiger partial charge in [0.25, 0.3) is 5.91 Å². The number of carbonyl (C=O) groups excluding carboxylic acids is 2. The largest absolute Gasteiger partial charge is 0.479 e. The lowest BCUT2D eigenvalue weighted by Gasteiger charge is -2.39. The fourth-order valence-corrected chi connectivity index (χ4v) is 3.26. The number of fused-ring (bicyclic) bond motifs is 1. The van der Waals surface area contributed by atoms with Gasteiger partial charge in [-0.2, -0.15) is 0 Å². The summed E-state index contributed by atoms with van der Waals surface area (Å²) in [7, 11) is 1.71. The molecule has 1 aromatic carbocycles. The van der Waals surface area contributed by atoms with E-state index in [-0.39, 0.29) is 11.9 Å². The van der Waals surface area contributed by atoms with Gasteiger partial charge in [-0.15, -0.1) is 0 Å². The maximum absolute atomic E-state index is 12.4. The number of anilines is 2. The van der Waals surface area contributed by atoms with E-state index in [9.17, 15) is 9.59 Å². The van der Waals surface area contributed by atoms with Gasteiger partial charge in [-0.05, 0) is 36.8 Å². The van der Waals surface area contributed by atoms with Crippen molar-refractivity contribution < 1.29 is 14.3 Å². The molecule has 4 rings (SSSR count). The molecule has 1 atom stereocenters. The number of likely N-dealkylation sites (tertiary alicyclic amines) is 1. The molecule has 0 spiro atoms. The van der Waals surface area contributed by atoms with Gasteiger partial charge in [0.1, 0.15) is 5.75 Å². The molecule has 0 saturated carbocycles. The van der Waals surface area contributed by atoms with E-state index in [1.807, 2.05) is 18.3 Å². The van der Waals surface area contributed by atoms with Crippen molar-refractivity contribution in [1.82, 2.24) is 9.88 Å². The van der Waals surface area contributed by atoms with Crippen molar-refractivity contribution in [2.75, 3.05) is 30.4 Å². The first kappa shape index (κ1) is 16.4. The van der Waals surface area contributed by atoms with Crippen LogP contribution in [0.4, 0.5) is 16.2 Å². The Morgan fingerprint density at radius 1 is 1.31 bits per heavy atom. The van der Waals surface area contributed by atoms with Crippen molar-refractivity contribution in [3.8, 4) is 5.75 Å². The summed E-state index contributed by atoms with van der Waals surface area (Å²) in [5.74, 6) is 0.859. The van der Waals surface area contributed by atoms with E-state index in [1.165, 1.54) is 0 Å². The van der Waals surface area contributed by atoms with Gasteiger partial charge in [0, 0.05) is 44.1 Å². The van der Waals surface area contributed by atoms with Crippen LogP contribution < -0.4 is 15.0 Å². The SMILES string of the molecule is C[C@H]1Oc2ccc(NC(=O)N3CC(c4cccnc4)C3)cc2N(C)C1=O. The zero-order valence-corrected chi connectivity index (χ0v) is 14.7. The summed E-state index contributed by atoms with van der Waals surface area (Å²) in [4.78, 5) is 31.9.